The molecule has 0 saturated carbocycles. The molecule has 1 aromatic carbocycles. The molecule has 0 radical (unpaired) electrons. The summed E-state index contributed by atoms with van der Waals surface area (Å²) in [5.41, 5.74) is 5.26. The Morgan fingerprint density at radius 2 is 1.97 bits per heavy atom. The molecule has 32 heavy (non-hydrogen) atoms. The van der Waals surface area contributed by atoms with Gasteiger partial charge in [-0.3, -0.25) is 14.7 Å². The highest BCUT2D eigenvalue weighted by Gasteiger charge is 2.25. The van der Waals surface area contributed by atoms with Crippen LogP contribution in [0.3, 0.4) is 0 Å². The topological polar surface area (TPSA) is 36.4 Å². The molecular formula is C28H37N3O. The van der Waals surface area contributed by atoms with Crippen LogP contribution in [0.1, 0.15) is 61.6 Å². The van der Waals surface area contributed by atoms with E-state index < -0.39 is 0 Å². The summed E-state index contributed by atoms with van der Waals surface area (Å²) in [5.74, 6) is 0.855. The van der Waals surface area contributed by atoms with Gasteiger partial charge in [-0.05, 0) is 87.2 Å². The van der Waals surface area contributed by atoms with E-state index in [9.17, 15) is 4.79 Å². The summed E-state index contributed by atoms with van der Waals surface area (Å²) in [6.07, 6.45) is 13.6. The lowest BCUT2D eigenvalue weighted by Crippen LogP contribution is -2.40. The first-order valence-corrected chi connectivity index (χ1v) is 12.3. The van der Waals surface area contributed by atoms with E-state index in [1.807, 2.05) is 12.3 Å². The number of carbonyl (C=O) groups excluding carboxylic acids is 1. The maximum Gasteiger partial charge on any atom is 0.226 e. The number of hydrogen-bond acceptors (Lipinski definition) is 3. The van der Waals surface area contributed by atoms with E-state index in [1.165, 1.54) is 29.5 Å². The van der Waals surface area contributed by atoms with Crippen molar-refractivity contribution in [2.75, 3.05) is 19.6 Å². The van der Waals surface area contributed by atoms with Crippen LogP contribution in [0.2, 0.25) is 0 Å². The molecule has 4 nitrogen and oxygen atoms in total. The van der Waals surface area contributed by atoms with Crippen LogP contribution in [0.25, 0.3) is 0 Å². The van der Waals surface area contributed by atoms with Crippen molar-refractivity contribution in [2.24, 2.45) is 5.92 Å². The minimum atomic E-state index is 0.282. The second kappa shape index (κ2) is 11.4. The standard InChI is InChI=1S/C28H37N3O/c1-23-8-5-6-12-27(23)22-30-16-13-25(14-17-30)20-31(21-26-11-7-15-29-19-26)28(32)18-24-9-3-2-4-10-24/h5-9,11-12,15,19,25H,2-4,10,13-14,16-18,20-22H2,1H3. The average molecular weight is 432 g/mol. The number of benzene rings is 1. The number of allylic oxidation sites excluding steroid dienone is 1. The molecule has 2 heterocycles. The highest BCUT2D eigenvalue weighted by Crippen LogP contribution is 2.25. The monoisotopic (exact) mass is 431 g/mol. The second-order valence-corrected chi connectivity index (χ2v) is 9.57. The van der Waals surface area contributed by atoms with Gasteiger partial charge in [0.05, 0.1) is 0 Å². The highest BCUT2D eigenvalue weighted by atomic mass is 16.2. The summed E-state index contributed by atoms with van der Waals surface area (Å²) in [6.45, 7) is 6.98. The van der Waals surface area contributed by atoms with Crippen LogP contribution in [0.4, 0.5) is 0 Å². The third kappa shape index (κ3) is 6.52. The van der Waals surface area contributed by atoms with Crippen LogP contribution in [-0.2, 0) is 17.9 Å². The smallest absolute Gasteiger partial charge is 0.226 e. The minimum absolute atomic E-state index is 0.282. The minimum Gasteiger partial charge on any atom is -0.338 e. The van der Waals surface area contributed by atoms with Gasteiger partial charge in [0.25, 0.3) is 0 Å². The Morgan fingerprint density at radius 1 is 1.12 bits per heavy atom. The predicted octanol–water partition coefficient (Wildman–Crippen LogP) is 5.52. The van der Waals surface area contributed by atoms with Gasteiger partial charge in [0.2, 0.25) is 5.91 Å². The Hall–Kier alpha value is -2.46. The second-order valence-electron chi connectivity index (χ2n) is 9.57. The number of rotatable bonds is 8. The Labute approximate surface area is 193 Å². The molecule has 0 N–H and O–H groups in total. The van der Waals surface area contributed by atoms with Gasteiger partial charge in [0.15, 0.2) is 0 Å². The van der Waals surface area contributed by atoms with E-state index >= 15 is 0 Å². The Bertz CT molecular complexity index is 900. The zero-order valence-electron chi connectivity index (χ0n) is 19.5. The summed E-state index contributed by atoms with van der Waals surface area (Å²) in [4.78, 5) is 22.2. The Kier molecular flexibility index (Phi) is 8.11. The van der Waals surface area contributed by atoms with E-state index in [1.54, 1.807) is 6.20 Å². The number of nitrogens with zero attached hydrogens (tertiary/aromatic N) is 3. The first-order chi connectivity index (χ1) is 15.7. The lowest BCUT2D eigenvalue weighted by Gasteiger charge is -2.35. The van der Waals surface area contributed by atoms with Gasteiger partial charge in [-0.1, -0.05) is 42.0 Å². The molecule has 1 aliphatic carbocycles. The molecule has 0 bridgehead atoms. The highest BCUT2D eigenvalue weighted by molar-refractivity contribution is 5.78. The van der Waals surface area contributed by atoms with Crippen molar-refractivity contribution in [3.63, 3.8) is 0 Å². The number of piperidine rings is 1. The molecule has 2 aromatic rings. The summed E-state index contributed by atoms with van der Waals surface area (Å²) < 4.78 is 0. The molecule has 0 atom stereocenters. The van der Waals surface area contributed by atoms with Gasteiger partial charge in [-0.25, -0.2) is 0 Å². The number of aromatic nitrogens is 1. The van der Waals surface area contributed by atoms with Crippen LogP contribution < -0.4 is 0 Å². The third-order valence-electron chi connectivity index (χ3n) is 7.05. The molecule has 1 aliphatic heterocycles. The molecule has 1 amide bonds. The predicted molar refractivity (Wildman–Crippen MR) is 130 cm³/mol. The largest absolute Gasteiger partial charge is 0.338 e. The van der Waals surface area contributed by atoms with E-state index in [0.717, 1.165) is 57.4 Å². The fraction of sp³-hybridized carbons (Fsp3) is 0.500. The van der Waals surface area contributed by atoms with Crippen LogP contribution in [-0.4, -0.2) is 40.3 Å². The van der Waals surface area contributed by atoms with Crippen LogP contribution in [0, 0.1) is 12.8 Å². The Morgan fingerprint density at radius 3 is 2.69 bits per heavy atom. The van der Waals surface area contributed by atoms with Crippen molar-refractivity contribution in [1.29, 1.82) is 0 Å². The molecule has 2 aliphatic rings. The lowest BCUT2D eigenvalue weighted by molar-refractivity contribution is -0.132. The number of aryl methyl sites for hydroxylation is 1. The SMILES string of the molecule is Cc1ccccc1CN1CCC(CN(Cc2cccnc2)C(=O)CC2=CCCCC2)CC1. The van der Waals surface area contributed by atoms with Crippen molar-refractivity contribution in [3.05, 3.63) is 77.1 Å². The third-order valence-corrected chi connectivity index (χ3v) is 7.05. The van der Waals surface area contributed by atoms with E-state index in [-0.39, 0.29) is 5.91 Å². The van der Waals surface area contributed by atoms with Gasteiger partial charge in [-0.2, -0.15) is 0 Å². The maximum atomic E-state index is 13.3. The molecule has 170 valence electrons. The van der Waals surface area contributed by atoms with Gasteiger partial charge < -0.3 is 4.90 Å². The number of hydrogen-bond donors (Lipinski definition) is 0. The maximum absolute atomic E-state index is 13.3. The van der Waals surface area contributed by atoms with Crippen molar-refractivity contribution in [1.82, 2.24) is 14.8 Å². The van der Waals surface area contributed by atoms with Crippen LogP contribution >= 0.6 is 0 Å². The van der Waals surface area contributed by atoms with Crippen molar-refractivity contribution >= 4 is 5.91 Å². The number of carbonyl (C=O) groups is 1. The first kappa shape index (κ1) is 22.7. The number of likely N-dealkylation sites (tertiary alicyclic amines) is 1. The van der Waals surface area contributed by atoms with Gasteiger partial charge >= 0.3 is 0 Å². The van der Waals surface area contributed by atoms with E-state index in [2.05, 4.69) is 58.1 Å². The fourth-order valence-corrected chi connectivity index (χ4v) is 5.01. The van der Waals surface area contributed by atoms with Gasteiger partial charge in [0.1, 0.15) is 0 Å². The Balaban J connectivity index is 1.34. The van der Waals surface area contributed by atoms with Crippen LogP contribution in [0.5, 0.6) is 0 Å². The fourth-order valence-electron chi connectivity index (χ4n) is 5.01. The molecular weight excluding hydrogens is 394 g/mol. The summed E-state index contributed by atoms with van der Waals surface area (Å²) in [6, 6.07) is 12.7. The summed E-state index contributed by atoms with van der Waals surface area (Å²) >= 11 is 0. The van der Waals surface area contributed by atoms with Crippen molar-refractivity contribution < 1.29 is 4.79 Å². The van der Waals surface area contributed by atoms with Crippen molar-refractivity contribution in [3.8, 4) is 0 Å². The summed E-state index contributed by atoms with van der Waals surface area (Å²) in [7, 11) is 0. The van der Waals surface area contributed by atoms with Crippen molar-refractivity contribution in [2.45, 2.75) is 65.0 Å². The number of pyridine rings is 1. The average Bonchev–Trinajstić information content (AvgIpc) is 2.82. The number of amides is 1. The van der Waals surface area contributed by atoms with E-state index in [0.29, 0.717) is 18.9 Å². The zero-order chi connectivity index (χ0) is 22.2. The molecule has 0 unspecified atom stereocenters. The molecule has 1 aromatic heterocycles. The van der Waals surface area contributed by atoms with Crippen LogP contribution in [0.15, 0.2) is 60.4 Å². The lowest BCUT2D eigenvalue weighted by atomic mass is 9.94. The quantitative estimate of drug-likeness (QED) is 0.516. The molecule has 1 fully saturated rings. The first-order valence-electron chi connectivity index (χ1n) is 12.3. The summed E-state index contributed by atoms with van der Waals surface area (Å²) in [5, 5.41) is 0. The van der Waals surface area contributed by atoms with Gasteiger partial charge in [0, 0.05) is 38.4 Å². The van der Waals surface area contributed by atoms with Gasteiger partial charge in [-0.15, -0.1) is 0 Å². The zero-order valence-corrected chi connectivity index (χ0v) is 19.5. The molecule has 4 heteroatoms. The molecule has 4 rings (SSSR count). The molecule has 1 saturated heterocycles. The normalized spacial score (nSPS) is 17.7. The van der Waals surface area contributed by atoms with E-state index in [4.69, 9.17) is 0 Å². The molecule has 0 spiro atoms.